The second-order valence-corrected chi connectivity index (χ2v) is 6.64. The van der Waals surface area contributed by atoms with E-state index < -0.39 is 0 Å². The number of ketones is 1. The lowest BCUT2D eigenvalue weighted by molar-refractivity contribution is 0.103. The number of carbonyl (C=O) groups is 1. The Morgan fingerprint density at radius 2 is 1.64 bits per heavy atom. The third-order valence-electron chi connectivity index (χ3n) is 5.13. The van der Waals surface area contributed by atoms with Crippen molar-refractivity contribution < 1.29 is 14.3 Å². The standard InChI is InChI=1S/C21H23NO3/c1-24-17-9-6-8-16-19(17)15-7-5-10-18(20(15)21(16)23)25-14-13-22-11-3-2-4-12-22/h5-10H,2-4,11-14H2,1H3. The summed E-state index contributed by atoms with van der Waals surface area (Å²) in [5.41, 5.74) is 3.15. The lowest BCUT2D eigenvalue weighted by Crippen LogP contribution is -2.33. The predicted octanol–water partition coefficient (Wildman–Crippen LogP) is 3.77. The van der Waals surface area contributed by atoms with Crippen LogP contribution in [0.5, 0.6) is 11.5 Å². The molecule has 0 bridgehead atoms. The highest BCUT2D eigenvalue weighted by Crippen LogP contribution is 2.45. The fourth-order valence-corrected chi connectivity index (χ4v) is 3.86. The predicted molar refractivity (Wildman–Crippen MR) is 97.6 cm³/mol. The molecule has 2 aliphatic rings. The molecule has 0 atom stereocenters. The molecule has 130 valence electrons. The maximum absolute atomic E-state index is 12.9. The van der Waals surface area contributed by atoms with E-state index in [0.29, 0.717) is 23.5 Å². The highest BCUT2D eigenvalue weighted by atomic mass is 16.5. The summed E-state index contributed by atoms with van der Waals surface area (Å²) in [6, 6.07) is 11.4. The van der Waals surface area contributed by atoms with Crippen molar-refractivity contribution in [3.05, 3.63) is 47.5 Å². The van der Waals surface area contributed by atoms with Crippen LogP contribution in [0, 0.1) is 0 Å². The van der Waals surface area contributed by atoms with Crippen LogP contribution < -0.4 is 9.47 Å². The largest absolute Gasteiger partial charge is 0.496 e. The first-order valence-corrected chi connectivity index (χ1v) is 9.00. The molecule has 4 rings (SSSR count). The molecule has 2 aromatic rings. The Bertz CT molecular complexity index is 794. The van der Waals surface area contributed by atoms with Gasteiger partial charge >= 0.3 is 0 Å². The summed E-state index contributed by atoms with van der Waals surface area (Å²) in [7, 11) is 1.64. The zero-order valence-corrected chi connectivity index (χ0v) is 14.6. The molecule has 1 aliphatic carbocycles. The van der Waals surface area contributed by atoms with Gasteiger partial charge in [-0.3, -0.25) is 9.69 Å². The quantitative estimate of drug-likeness (QED) is 0.710. The normalized spacial score (nSPS) is 16.4. The average Bonchev–Trinajstić information content (AvgIpc) is 2.96. The molecule has 1 saturated heterocycles. The van der Waals surface area contributed by atoms with Crippen LogP contribution in [0.3, 0.4) is 0 Å². The summed E-state index contributed by atoms with van der Waals surface area (Å²) < 4.78 is 11.5. The van der Waals surface area contributed by atoms with E-state index in [1.165, 1.54) is 19.3 Å². The van der Waals surface area contributed by atoms with Crippen LogP contribution in [0.2, 0.25) is 0 Å². The van der Waals surface area contributed by atoms with E-state index in [4.69, 9.17) is 9.47 Å². The molecule has 4 nitrogen and oxygen atoms in total. The molecule has 1 heterocycles. The highest BCUT2D eigenvalue weighted by molar-refractivity contribution is 6.24. The van der Waals surface area contributed by atoms with E-state index in [1.54, 1.807) is 7.11 Å². The van der Waals surface area contributed by atoms with E-state index in [0.717, 1.165) is 36.5 Å². The number of fused-ring (bicyclic) bond motifs is 3. The number of piperidine rings is 1. The highest BCUT2D eigenvalue weighted by Gasteiger charge is 2.32. The number of carbonyl (C=O) groups excluding carboxylic acids is 1. The fourth-order valence-electron chi connectivity index (χ4n) is 3.86. The Kier molecular flexibility index (Phi) is 4.45. The Labute approximate surface area is 148 Å². The minimum atomic E-state index is 0.0254. The first-order valence-electron chi connectivity index (χ1n) is 9.00. The topological polar surface area (TPSA) is 38.8 Å². The number of benzene rings is 2. The van der Waals surface area contributed by atoms with Gasteiger partial charge in [0.2, 0.25) is 0 Å². The summed E-state index contributed by atoms with van der Waals surface area (Å²) in [6.45, 7) is 3.82. The van der Waals surface area contributed by atoms with Gasteiger partial charge in [-0.05, 0) is 38.1 Å². The van der Waals surface area contributed by atoms with Crippen molar-refractivity contribution >= 4 is 5.78 Å². The van der Waals surface area contributed by atoms with Gasteiger partial charge in [0.05, 0.1) is 12.7 Å². The maximum atomic E-state index is 12.9. The SMILES string of the molecule is COc1cccc2c1-c1cccc(OCCN3CCCCC3)c1C2=O. The van der Waals surface area contributed by atoms with Gasteiger partial charge < -0.3 is 9.47 Å². The van der Waals surface area contributed by atoms with E-state index in [-0.39, 0.29) is 5.78 Å². The maximum Gasteiger partial charge on any atom is 0.198 e. The molecule has 1 fully saturated rings. The molecule has 25 heavy (non-hydrogen) atoms. The number of hydrogen-bond donors (Lipinski definition) is 0. The van der Waals surface area contributed by atoms with Crippen LogP contribution in [-0.4, -0.2) is 44.0 Å². The van der Waals surface area contributed by atoms with Crippen molar-refractivity contribution in [2.24, 2.45) is 0 Å². The summed E-state index contributed by atoms with van der Waals surface area (Å²) >= 11 is 0. The van der Waals surface area contributed by atoms with Crippen LogP contribution in [0.1, 0.15) is 35.2 Å². The molecular formula is C21H23NO3. The Morgan fingerprint density at radius 1 is 0.920 bits per heavy atom. The second kappa shape index (κ2) is 6.89. The summed E-state index contributed by atoms with van der Waals surface area (Å²) in [5.74, 6) is 1.44. The Hall–Kier alpha value is -2.33. The summed E-state index contributed by atoms with van der Waals surface area (Å²) in [6.07, 6.45) is 3.88. The van der Waals surface area contributed by atoms with Crippen molar-refractivity contribution in [1.82, 2.24) is 4.90 Å². The molecule has 0 N–H and O–H groups in total. The Balaban J connectivity index is 1.57. The smallest absolute Gasteiger partial charge is 0.198 e. The Morgan fingerprint density at radius 3 is 2.40 bits per heavy atom. The van der Waals surface area contributed by atoms with Crippen LogP contribution in [0.4, 0.5) is 0 Å². The third kappa shape index (κ3) is 2.91. The minimum Gasteiger partial charge on any atom is -0.496 e. The van der Waals surface area contributed by atoms with Gasteiger partial charge in [-0.1, -0.05) is 30.7 Å². The summed E-state index contributed by atoms with van der Waals surface area (Å²) in [5, 5.41) is 0. The molecule has 4 heteroatoms. The van der Waals surface area contributed by atoms with Gasteiger partial charge in [0, 0.05) is 23.2 Å². The van der Waals surface area contributed by atoms with Gasteiger partial charge in [-0.2, -0.15) is 0 Å². The van der Waals surface area contributed by atoms with E-state index in [1.807, 2.05) is 36.4 Å². The second-order valence-electron chi connectivity index (χ2n) is 6.64. The molecule has 0 spiro atoms. The molecule has 0 amide bonds. The zero-order valence-electron chi connectivity index (χ0n) is 14.6. The minimum absolute atomic E-state index is 0.0254. The molecule has 0 radical (unpaired) electrons. The molecular weight excluding hydrogens is 314 g/mol. The molecule has 0 unspecified atom stereocenters. The van der Waals surface area contributed by atoms with Crippen LogP contribution in [-0.2, 0) is 0 Å². The number of methoxy groups -OCH3 is 1. The van der Waals surface area contributed by atoms with Gasteiger partial charge in [0.15, 0.2) is 5.78 Å². The molecule has 0 saturated carbocycles. The average molecular weight is 337 g/mol. The first-order chi connectivity index (χ1) is 12.3. The molecule has 0 aromatic heterocycles. The monoisotopic (exact) mass is 337 g/mol. The lowest BCUT2D eigenvalue weighted by Gasteiger charge is -2.26. The van der Waals surface area contributed by atoms with Crippen molar-refractivity contribution in [1.29, 1.82) is 0 Å². The third-order valence-corrected chi connectivity index (χ3v) is 5.13. The van der Waals surface area contributed by atoms with Gasteiger partial charge in [0.25, 0.3) is 0 Å². The number of nitrogens with zero attached hydrogens (tertiary/aromatic N) is 1. The number of likely N-dealkylation sites (tertiary alicyclic amines) is 1. The molecule has 2 aromatic carbocycles. The van der Waals surface area contributed by atoms with Crippen molar-refractivity contribution in [3.8, 4) is 22.6 Å². The number of ether oxygens (including phenoxy) is 2. The van der Waals surface area contributed by atoms with E-state index in [2.05, 4.69) is 4.90 Å². The van der Waals surface area contributed by atoms with Crippen molar-refractivity contribution in [2.45, 2.75) is 19.3 Å². The van der Waals surface area contributed by atoms with Crippen LogP contribution in [0.25, 0.3) is 11.1 Å². The van der Waals surface area contributed by atoms with E-state index in [9.17, 15) is 4.79 Å². The fraction of sp³-hybridized carbons (Fsp3) is 0.381. The van der Waals surface area contributed by atoms with Crippen LogP contribution in [0.15, 0.2) is 36.4 Å². The lowest BCUT2D eigenvalue weighted by atomic mass is 10.0. The van der Waals surface area contributed by atoms with Gasteiger partial charge in [-0.25, -0.2) is 0 Å². The van der Waals surface area contributed by atoms with Crippen LogP contribution >= 0.6 is 0 Å². The number of hydrogen-bond acceptors (Lipinski definition) is 4. The van der Waals surface area contributed by atoms with Gasteiger partial charge in [0.1, 0.15) is 18.1 Å². The van der Waals surface area contributed by atoms with Crippen molar-refractivity contribution in [2.75, 3.05) is 33.4 Å². The first kappa shape index (κ1) is 16.2. The van der Waals surface area contributed by atoms with E-state index >= 15 is 0 Å². The zero-order chi connectivity index (χ0) is 17.2. The molecule has 1 aliphatic heterocycles. The summed E-state index contributed by atoms with van der Waals surface area (Å²) in [4.78, 5) is 15.3. The number of rotatable bonds is 5. The van der Waals surface area contributed by atoms with Gasteiger partial charge in [-0.15, -0.1) is 0 Å². The van der Waals surface area contributed by atoms with Crippen molar-refractivity contribution in [3.63, 3.8) is 0 Å².